The molecule has 6 nitrogen and oxygen atoms in total. The zero-order valence-electron chi connectivity index (χ0n) is 16.1. The summed E-state index contributed by atoms with van der Waals surface area (Å²) in [6, 6.07) is 16.2. The molecule has 1 fully saturated rings. The van der Waals surface area contributed by atoms with Gasteiger partial charge >= 0.3 is 0 Å². The van der Waals surface area contributed by atoms with Crippen LogP contribution in [0, 0.1) is 6.92 Å². The van der Waals surface area contributed by atoms with Crippen LogP contribution in [-0.2, 0) is 16.3 Å². The van der Waals surface area contributed by atoms with E-state index in [4.69, 9.17) is 19.5 Å². The maximum absolute atomic E-state index is 5.82. The number of benzene rings is 2. The first kappa shape index (κ1) is 19.2. The second-order valence-electron chi connectivity index (χ2n) is 6.64. The predicted molar refractivity (Wildman–Crippen MR) is 106 cm³/mol. The van der Waals surface area contributed by atoms with Crippen molar-refractivity contribution in [3.63, 3.8) is 0 Å². The van der Waals surface area contributed by atoms with Gasteiger partial charge in [-0.25, -0.2) is 14.8 Å². The number of hydrogen-bond acceptors (Lipinski definition) is 4. The van der Waals surface area contributed by atoms with Gasteiger partial charge in [0.1, 0.15) is 5.75 Å². The minimum Gasteiger partial charge on any atom is -0.491 e. The van der Waals surface area contributed by atoms with Crippen molar-refractivity contribution in [3.05, 3.63) is 59.7 Å². The van der Waals surface area contributed by atoms with E-state index in [0.29, 0.717) is 19.2 Å². The molecule has 0 amide bonds. The van der Waals surface area contributed by atoms with Gasteiger partial charge in [-0.2, -0.15) is 0 Å². The van der Waals surface area contributed by atoms with Crippen molar-refractivity contribution in [3.8, 4) is 5.75 Å². The topological polar surface area (TPSA) is 55.3 Å². The average Bonchev–Trinajstić information content (AvgIpc) is 2.90. The van der Waals surface area contributed by atoms with Gasteiger partial charge < -0.3 is 15.0 Å². The first-order valence-corrected chi connectivity index (χ1v) is 9.28. The van der Waals surface area contributed by atoms with E-state index in [-0.39, 0.29) is 12.8 Å². The molecular weight excluding hydrogens is 342 g/mol. The Bertz CT molecular complexity index is 744. The zero-order valence-corrected chi connectivity index (χ0v) is 16.1. The average molecular weight is 369 g/mol. The van der Waals surface area contributed by atoms with E-state index in [2.05, 4.69) is 50.4 Å². The van der Waals surface area contributed by atoms with Gasteiger partial charge in [-0.3, -0.25) is 0 Å². The lowest BCUT2D eigenvalue weighted by atomic mass is 10.1. The third kappa shape index (κ3) is 5.70. The molecule has 144 valence electrons. The molecule has 6 heteroatoms. The van der Waals surface area contributed by atoms with Crippen molar-refractivity contribution in [2.75, 3.05) is 13.5 Å². The lowest BCUT2D eigenvalue weighted by Gasteiger charge is -2.22. The second-order valence-corrected chi connectivity index (χ2v) is 6.64. The highest BCUT2D eigenvalue weighted by atomic mass is 17.2. The Labute approximate surface area is 160 Å². The van der Waals surface area contributed by atoms with Crippen molar-refractivity contribution >= 4 is 11.6 Å². The van der Waals surface area contributed by atoms with Gasteiger partial charge in [-0.1, -0.05) is 36.8 Å². The summed E-state index contributed by atoms with van der Waals surface area (Å²) >= 11 is 0. The van der Waals surface area contributed by atoms with Crippen molar-refractivity contribution in [1.82, 2.24) is 10.2 Å². The molecule has 0 spiro atoms. The highest BCUT2D eigenvalue weighted by Gasteiger charge is 2.16. The van der Waals surface area contributed by atoms with Gasteiger partial charge in [0.05, 0.1) is 11.8 Å². The maximum atomic E-state index is 5.82. The third-order valence-corrected chi connectivity index (χ3v) is 4.36. The molecule has 0 radical (unpaired) electrons. The first-order chi connectivity index (χ1) is 13.1. The van der Waals surface area contributed by atoms with Crippen LogP contribution in [0.25, 0.3) is 0 Å². The monoisotopic (exact) mass is 369 g/mol. The molecule has 1 aliphatic rings. The van der Waals surface area contributed by atoms with E-state index in [1.807, 2.05) is 29.2 Å². The Morgan fingerprint density at radius 1 is 1.11 bits per heavy atom. The highest BCUT2D eigenvalue weighted by molar-refractivity contribution is 5.82. The molecule has 0 aliphatic carbocycles. The molecule has 2 aromatic carbocycles. The Balaban J connectivity index is 1.74. The minimum atomic E-state index is 0.199. The fourth-order valence-corrected chi connectivity index (χ4v) is 2.59. The molecule has 2 aromatic rings. The van der Waals surface area contributed by atoms with E-state index >= 15 is 0 Å². The lowest BCUT2D eigenvalue weighted by molar-refractivity contribution is -0.305. The van der Waals surface area contributed by atoms with E-state index in [1.54, 1.807) is 0 Å². The molecule has 0 bridgehead atoms. The molecular formula is C21H27N3O3. The van der Waals surface area contributed by atoms with E-state index in [1.165, 1.54) is 11.1 Å². The van der Waals surface area contributed by atoms with Crippen LogP contribution in [0.3, 0.4) is 0 Å². The van der Waals surface area contributed by atoms with Gasteiger partial charge in [0.2, 0.25) is 5.96 Å². The standard InChI is InChI=1S/C21H27N3O3/c1-4-17(3)27-20-11-9-19(10-12-20)23-21-22-14-25-26-15-24(21)13-18-7-5-16(2)6-8-18/h5-12,17H,4,13-15H2,1-3H3,(H,22,23)/t17-/m1/s1. The summed E-state index contributed by atoms with van der Waals surface area (Å²) in [6.07, 6.45) is 1.17. The maximum Gasteiger partial charge on any atom is 0.203 e. The van der Waals surface area contributed by atoms with Crippen LogP contribution in [0.2, 0.25) is 0 Å². The zero-order chi connectivity index (χ0) is 19.1. The van der Waals surface area contributed by atoms with Crippen molar-refractivity contribution in [2.45, 2.75) is 39.8 Å². The summed E-state index contributed by atoms with van der Waals surface area (Å²) in [6.45, 7) is 7.47. The minimum absolute atomic E-state index is 0.199. The number of hydrogen-bond donors (Lipinski definition) is 1. The summed E-state index contributed by atoms with van der Waals surface area (Å²) in [5.41, 5.74) is 3.25. The molecule has 0 unspecified atom stereocenters. The predicted octanol–water partition coefficient (Wildman–Crippen LogP) is 4.13. The number of ether oxygens (including phenoxy) is 1. The van der Waals surface area contributed by atoms with E-state index in [0.717, 1.165) is 17.9 Å². The smallest absolute Gasteiger partial charge is 0.203 e. The van der Waals surface area contributed by atoms with Gasteiger partial charge in [-0.15, -0.1) is 0 Å². The third-order valence-electron chi connectivity index (χ3n) is 4.36. The molecule has 0 saturated carbocycles. The quantitative estimate of drug-likeness (QED) is 0.776. The fraction of sp³-hybridized carbons (Fsp3) is 0.381. The molecule has 27 heavy (non-hydrogen) atoms. The molecule has 1 atom stereocenters. The summed E-state index contributed by atoms with van der Waals surface area (Å²) in [4.78, 5) is 17.0. The van der Waals surface area contributed by atoms with Crippen molar-refractivity contribution < 1.29 is 14.5 Å². The van der Waals surface area contributed by atoms with Crippen LogP contribution >= 0.6 is 0 Å². The van der Waals surface area contributed by atoms with Crippen LogP contribution in [-0.4, -0.2) is 30.4 Å². The highest BCUT2D eigenvalue weighted by Crippen LogP contribution is 2.20. The lowest BCUT2D eigenvalue weighted by Crippen LogP contribution is -2.39. The Kier molecular flexibility index (Phi) is 6.68. The van der Waals surface area contributed by atoms with Crippen LogP contribution in [0.5, 0.6) is 5.75 Å². The first-order valence-electron chi connectivity index (χ1n) is 9.28. The van der Waals surface area contributed by atoms with Crippen LogP contribution in [0.1, 0.15) is 31.4 Å². The fourth-order valence-electron chi connectivity index (χ4n) is 2.59. The summed E-state index contributed by atoms with van der Waals surface area (Å²) < 4.78 is 5.82. The Morgan fingerprint density at radius 2 is 1.85 bits per heavy atom. The normalized spacial score (nSPS) is 17.3. The number of rotatable bonds is 6. The van der Waals surface area contributed by atoms with Crippen LogP contribution in [0.4, 0.5) is 5.69 Å². The molecule has 3 rings (SSSR count). The molecule has 1 aliphatic heterocycles. The van der Waals surface area contributed by atoms with Crippen LogP contribution in [0.15, 0.2) is 53.5 Å². The second kappa shape index (κ2) is 9.39. The van der Waals surface area contributed by atoms with Gasteiger partial charge in [0.25, 0.3) is 0 Å². The largest absolute Gasteiger partial charge is 0.491 e. The van der Waals surface area contributed by atoms with Crippen molar-refractivity contribution in [2.24, 2.45) is 4.99 Å². The van der Waals surface area contributed by atoms with Gasteiger partial charge in [-0.05, 0) is 50.1 Å². The Morgan fingerprint density at radius 3 is 2.56 bits per heavy atom. The molecule has 1 saturated heterocycles. The number of nitrogens with one attached hydrogen (secondary N) is 1. The SMILES string of the molecule is CC[C@@H](C)Oc1ccc(/N=C2\NCOOCN2Cc2ccc(C)cc2)cc1. The number of aliphatic imine (C=N–C) groups is 1. The summed E-state index contributed by atoms with van der Waals surface area (Å²) in [5.74, 6) is 1.56. The number of nitrogens with zero attached hydrogens (tertiary/aromatic N) is 2. The van der Waals surface area contributed by atoms with Gasteiger partial charge in [0.15, 0.2) is 13.5 Å². The number of aryl methyl sites for hydroxylation is 1. The van der Waals surface area contributed by atoms with E-state index < -0.39 is 0 Å². The summed E-state index contributed by atoms with van der Waals surface area (Å²) in [5, 5.41) is 3.17. The summed E-state index contributed by atoms with van der Waals surface area (Å²) in [7, 11) is 0. The van der Waals surface area contributed by atoms with E-state index in [9.17, 15) is 0 Å². The molecule has 1 N–H and O–H groups in total. The number of guanidine groups is 1. The van der Waals surface area contributed by atoms with Crippen LogP contribution < -0.4 is 10.1 Å². The van der Waals surface area contributed by atoms with Gasteiger partial charge in [0, 0.05) is 6.54 Å². The Hall–Kier alpha value is -2.57. The van der Waals surface area contributed by atoms with Crippen molar-refractivity contribution in [1.29, 1.82) is 0 Å². The molecule has 0 aromatic heterocycles. The molecule has 1 heterocycles.